The van der Waals surface area contributed by atoms with Crippen molar-refractivity contribution in [3.05, 3.63) is 46.3 Å². The number of amidine groups is 1. The molecule has 2 atom stereocenters. The number of anilines is 1. The van der Waals surface area contributed by atoms with E-state index in [0.717, 1.165) is 5.56 Å². The molecule has 2 heterocycles. The smallest absolute Gasteiger partial charge is 0.332 e. The molecule has 45 heavy (non-hydrogen) atoms. The van der Waals surface area contributed by atoms with Crippen LogP contribution in [0.1, 0.15) is 75.0 Å². The minimum absolute atomic E-state index is 0. The van der Waals surface area contributed by atoms with E-state index in [-0.39, 0.29) is 73.9 Å². The molecule has 2 aliphatic rings. The zero-order chi connectivity index (χ0) is 32.3. The summed E-state index contributed by atoms with van der Waals surface area (Å²) >= 11 is 0. The Labute approximate surface area is 269 Å². The first-order valence-corrected chi connectivity index (χ1v) is 14.8. The third-order valence-electron chi connectivity index (χ3n) is 7.58. The second-order valence-corrected chi connectivity index (χ2v) is 11.7. The van der Waals surface area contributed by atoms with E-state index >= 15 is 4.39 Å². The van der Waals surface area contributed by atoms with Gasteiger partial charge in [-0.15, -0.1) is 12.4 Å². The van der Waals surface area contributed by atoms with Crippen LogP contribution in [0.5, 0.6) is 17.2 Å². The Balaban J connectivity index is 0.00000552. The number of hydrogen-bond donors (Lipinski definition) is 2. The SMILES string of the molecule is CCOc1cc2c(c(F)c1OCC)C(=N)N(CC(=O)c1cc3c(c(C(C)(C)C)c1)OC(COC(CC)C(=O)O)CN3OC)C2.Cl. The number of hydrogen-bond acceptors (Lipinski definition) is 9. The number of ketones is 1. The Morgan fingerprint density at radius 3 is 2.42 bits per heavy atom. The summed E-state index contributed by atoms with van der Waals surface area (Å²) in [5.74, 6) is -1.31. The molecular weight excluding hydrogens is 609 g/mol. The van der Waals surface area contributed by atoms with Crippen molar-refractivity contribution >= 4 is 35.7 Å². The van der Waals surface area contributed by atoms with Crippen molar-refractivity contribution in [3.8, 4) is 17.2 Å². The maximum atomic E-state index is 15.5. The van der Waals surface area contributed by atoms with Crippen LogP contribution in [0.2, 0.25) is 0 Å². The molecule has 0 spiro atoms. The number of carboxylic acids is 1. The van der Waals surface area contributed by atoms with Gasteiger partial charge in [-0.1, -0.05) is 27.7 Å². The van der Waals surface area contributed by atoms with Gasteiger partial charge in [0.2, 0.25) is 0 Å². The molecule has 2 aromatic carbocycles. The minimum atomic E-state index is -1.03. The normalized spacial score (nSPS) is 16.4. The van der Waals surface area contributed by atoms with Gasteiger partial charge in [-0.2, -0.15) is 0 Å². The van der Waals surface area contributed by atoms with Crippen LogP contribution < -0.4 is 19.3 Å². The number of halogens is 2. The van der Waals surface area contributed by atoms with E-state index in [1.54, 1.807) is 44.0 Å². The highest BCUT2D eigenvalue weighted by Gasteiger charge is 2.36. The number of nitrogens with zero attached hydrogens (tertiary/aromatic N) is 2. The molecule has 0 saturated carbocycles. The fourth-order valence-corrected chi connectivity index (χ4v) is 5.40. The molecule has 0 bridgehead atoms. The second-order valence-electron chi connectivity index (χ2n) is 11.7. The Morgan fingerprint density at radius 2 is 1.84 bits per heavy atom. The second kappa shape index (κ2) is 14.7. The number of fused-ring (bicyclic) bond motifs is 2. The third kappa shape index (κ3) is 7.45. The number of carbonyl (C=O) groups is 2. The van der Waals surface area contributed by atoms with Crippen molar-refractivity contribution in [3.63, 3.8) is 0 Å². The third-order valence-corrected chi connectivity index (χ3v) is 7.58. The fraction of sp³-hybridized carbons (Fsp3) is 0.531. The molecule has 2 aliphatic heterocycles. The summed E-state index contributed by atoms with van der Waals surface area (Å²) in [6, 6.07) is 5.14. The number of carboxylic acid groups (broad SMARTS) is 1. The highest BCUT2D eigenvalue weighted by atomic mass is 35.5. The number of ether oxygens (including phenoxy) is 4. The van der Waals surface area contributed by atoms with Crippen molar-refractivity contribution in [2.24, 2.45) is 0 Å². The van der Waals surface area contributed by atoms with Crippen molar-refractivity contribution in [1.29, 1.82) is 5.41 Å². The monoisotopic (exact) mass is 651 g/mol. The summed E-state index contributed by atoms with van der Waals surface area (Å²) in [6.45, 7) is 12.1. The van der Waals surface area contributed by atoms with Gasteiger partial charge in [0, 0.05) is 17.7 Å². The molecule has 0 aliphatic carbocycles. The highest BCUT2D eigenvalue weighted by molar-refractivity contribution is 6.06. The van der Waals surface area contributed by atoms with Gasteiger partial charge in [0.15, 0.2) is 29.2 Å². The van der Waals surface area contributed by atoms with Gasteiger partial charge in [-0.3, -0.25) is 15.0 Å². The molecule has 0 fully saturated rings. The molecule has 0 saturated heterocycles. The quantitative estimate of drug-likeness (QED) is 0.272. The predicted octanol–water partition coefficient (Wildman–Crippen LogP) is 5.37. The lowest BCUT2D eigenvalue weighted by Gasteiger charge is -2.38. The van der Waals surface area contributed by atoms with E-state index in [0.29, 0.717) is 35.6 Å². The Kier molecular flexibility index (Phi) is 11.7. The van der Waals surface area contributed by atoms with E-state index in [1.807, 2.05) is 20.8 Å². The molecule has 0 radical (unpaired) electrons. The van der Waals surface area contributed by atoms with Gasteiger partial charge < -0.3 is 29.0 Å². The number of Topliss-reactive ketones (excluding diaryl/α,β-unsaturated/α-hetero) is 1. The van der Waals surface area contributed by atoms with E-state index in [4.69, 9.17) is 29.2 Å². The van der Waals surface area contributed by atoms with Crippen LogP contribution in [0.25, 0.3) is 0 Å². The van der Waals surface area contributed by atoms with Crippen molar-refractivity contribution in [2.45, 2.75) is 72.1 Å². The van der Waals surface area contributed by atoms with Gasteiger partial charge in [0.25, 0.3) is 0 Å². The summed E-state index contributed by atoms with van der Waals surface area (Å²) in [7, 11) is 1.51. The van der Waals surface area contributed by atoms with Crippen molar-refractivity contribution in [1.82, 2.24) is 4.90 Å². The van der Waals surface area contributed by atoms with Crippen LogP contribution in [-0.4, -0.2) is 79.8 Å². The first-order valence-electron chi connectivity index (χ1n) is 14.8. The van der Waals surface area contributed by atoms with Crippen molar-refractivity contribution in [2.75, 3.05) is 45.1 Å². The molecule has 4 rings (SSSR count). The topological polar surface area (TPSA) is 131 Å². The molecule has 2 aromatic rings. The summed E-state index contributed by atoms with van der Waals surface area (Å²) in [5.41, 5.74) is 1.91. The maximum Gasteiger partial charge on any atom is 0.332 e. The molecule has 2 unspecified atom stereocenters. The molecule has 11 nitrogen and oxygen atoms in total. The molecule has 2 N–H and O–H groups in total. The Bertz CT molecular complexity index is 1430. The number of aliphatic carboxylic acids is 1. The van der Waals surface area contributed by atoms with Crippen LogP contribution in [0.4, 0.5) is 10.1 Å². The minimum Gasteiger partial charge on any atom is -0.490 e. The molecule has 0 amide bonds. The van der Waals surface area contributed by atoms with Crippen LogP contribution in [0, 0.1) is 11.2 Å². The molecular formula is C32H43ClFN3O8. The molecule has 13 heteroatoms. The van der Waals surface area contributed by atoms with E-state index in [9.17, 15) is 14.7 Å². The number of carbonyl (C=O) groups excluding carboxylic acids is 1. The summed E-state index contributed by atoms with van der Waals surface area (Å²) < 4.78 is 38.6. The van der Waals surface area contributed by atoms with Gasteiger partial charge in [0.1, 0.15) is 23.4 Å². The summed E-state index contributed by atoms with van der Waals surface area (Å²) in [6.07, 6.45) is -1.14. The Hall–Kier alpha value is -3.61. The van der Waals surface area contributed by atoms with Crippen LogP contribution in [0.15, 0.2) is 18.2 Å². The van der Waals surface area contributed by atoms with Crippen LogP contribution >= 0.6 is 12.4 Å². The average Bonchev–Trinajstić information content (AvgIpc) is 3.28. The number of hydroxylamine groups is 1. The maximum absolute atomic E-state index is 15.5. The average molecular weight is 652 g/mol. The van der Waals surface area contributed by atoms with E-state index in [1.165, 1.54) is 12.0 Å². The zero-order valence-electron chi connectivity index (χ0n) is 26.8. The lowest BCUT2D eigenvalue weighted by atomic mass is 9.84. The van der Waals surface area contributed by atoms with Crippen molar-refractivity contribution < 1.29 is 42.9 Å². The first kappa shape index (κ1) is 35.9. The number of benzene rings is 2. The van der Waals surface area contributed by atoms with Gasteiger partial charge in [-0.05, 0) is 49.4 Å². The zero-order valence-corrected chi connectivity index (χ0v) is 27.6. The van der Waals surface area contributed by atoms with Gasteiger partial charge in [0.05, 0.1) is 45.6 Å². The largest absolute Gasteiger partial charge is 0.490 e. The van der Waals surface area contributed by atoms with E-state index in [2.05, 4.69) is 0 Å². The summed E-state index contributed by atoms with van der Waals surface area (Å²) in [5, 5.41) is 19.7. The standard InChI is InChI=1S/C32H42FN3O8.ClH/c1-8-24(31(38)39)43-17-20-15-36(40-7)22-12-18(11-21(28(22)44-20)32(4,5)6)23(37)16-35-14-19-13-25(41-9-2)29(42-10-3)27(33)26(19)30(35)34;/h11-13,20,24,34H,8-10,14-17H2,1-7H3,(H,38,39);1H. The predicted molar refractivity (Wildman–Crippen MR) is 169 cm³/mol. The number of nitrogens with one attached hydrogen (secondary N) is 1. The lowest BCUT2D eigenvalue weighted by molar-refractivity contribution is -0.152. The fourth-order valence-electron chi connectivity index (χ4n) is 5.40. The highest BCUT2D eigenvalue weighted by Crippen LogP contribution is 2.44. The Morgan fingerprint density at radius 1 is 1.16 bits per heavy atom. The van der Waals surface area contributed by atoms with Gasteiger partial charge in [-0.25, -0.2) is 14.2 Å². The lowest BCUT2D eigenvalue weighted by Crippen LogP contribution is -2.44. The van der Waals surface area contributed by atoms with Crippen LogP contribution in [0.3, 0.4) is 0 Å². The molecule has 248 valence electrons. The molecule has 0 aromatic heterocycles. The summed E-state index contributed by atoms with van der Waals surface area (Å²) in [4.78, 5) is 32.4. The van der Waals surface area contributed by atoms with E-state index < -0.39 is 29.4 Å². The number of rotatable bonds is 13. The van der Waals surface area contributed by atoms with Gasteiger partial charge >= 0.3 is 5.97 Å². The first-order chi connectivity index (χ1) is 20.8. The van der Waals surface area contributed by atoms with Crippen LogP contribution in [-0.2, 0) is 26.3 Å².